The average Bonchev–Trinajstić information content (AvgIpc) is 0. The molecule has 0 aromatic rings. The first kappa shape index (κ1) is 239. The Morgan fingerprint density at radius 3 is 0.500 bits per heavy atom. The minimum atomic E-state index is 0. The van der Waals surface area contributed by atoms with E-state index in [1.807, 2.05) is 0 Å². The van der Waals surface area contributed by atoms with Crippen molar-refractivity contribution in [1.29, 1.82) is 0 Å². The fourth-order valence-corrected chi connectivity index (χ4v) is 0. The molecule has 0 aliphatic rings. The van der Waals surface area contributed by atoms with Crippen molar-refractivity contribution >= 4 is 0 Å². The van der Waals surface area contributed by atoms with Gasteiger partial charge in [-0.15, -0.1) is 0 Å². The molecule has 0 saturated heterocycles. The molecule has 6 heteroatoms. The summed E-state index contributed by atoms with van der Waals surface area (Å²) in [6.07, 6.45) is 0. The predicted octanol–water partition coefficient (Wildman–Crippen LogP) is -3.30. The predicted molar refractivity (Wildman–Crippen MR) is 14.5 cm³/mol. The van der Waals surface area contributed by atoms with Gasteiger partial charge >= 0.3 is 0 Å². The van der Waals surface area contributed by atoms with Crippen LogP contribution in [0, 0.1) is 0 Å². The van der Waals surface area contributed by atoms with E-state index in [0.29, 0.717) is 0 Å². The van der Waals surface area contributed by atoms with Gasteiger partial charge < -0.3 is 21.9 Å². The van der Waals surface area contributed by atoms with Crippen molar-refractivity contribution in [2.24, 2.45) is 0 Å². The first-order valence-corrected chi connectivity index (χ1v) is 0. The first-order chi connectivity index (χ1) is 0. The van der Waals surface area contributed by atoms with E-state index in [4.69, 9.17) is 0 Å². The molecule has 0 fully saturated rings. The zero-order valence-corrected chi connectivity index (χ0v) is 5.79. The average molecular weight is 227 g/mol. The third-order valence-corrected chi connectivity index (χ3v) is 0. The first-order valence-electron chi connectivity index (χ1n) is 0. The summed E-state index contributed by atoms with van der Waals surface area (Å²) in [5.74, 6) is 0. The Morgan fingerprint density at radius 2 is 0.500 bits per heavy atom. The van der Waals surface area contributed by atoms with Crippen LogP contribution in [0.4, 0.5) is 0 Å². The van der Waals surface area contributed by atoms with Crippen LogP contribution in [0.5, 0.6) is 0 Å². The van der Waals surface area contributed by atoms with E-state index in [1.54, 1.807) is 0 Å². The summed E-state index contributed by atoms with van der Waals surface area (Å²) >= 11 is 0. The summed E-state index contributed by atoms with van der Waals surface area (Å²) in [5.41, 5.74) is 0. The monoisotopic (exact) mass is 229 g/mol. The maximum Gasteiger partial charge on any atom is 0 e. The largest absolute Gasteiger partial charge is 0.412 e. The molecule has 0 aromatic carbocycles. The molecule has 4 nitrogen and oxygen atoms in total. The summed E-state index contributed by atoms with van der Waals surface area (Å²) < 4.78 is 0. The Morgan fingerprint density at radius 1 is 0.500 bits per heavy atom. The molecule has 6 heavy (non-hydrogen) atoms. The van der Waals surface area contributed by atoms with Gasteiger partial charge in [-0.05, 0) is 0 Å². The van der Waals surface area contributed by atoms with Crippen LogP contribution in [-0.4, -0.2) is 21.9 Å². The zero-order valence-electron chi connectivity index (χ0n) is 2.74. The van der Waals surface area contributed by atoms with Crippen molar-refractivity contribution in [3.8, 4) is 0 Å². The van der Waals surface area contributed by atoms with Gasteiger partial charge in [-0.1, -0.05) is 0 Å². The molecule has 0 atom stereocenters. The molecule has 0 aliphatic heterocycles. The van der Waals surface area contributed by atoms with Gasteiger partial charge in [0.15, 0.2) is 0 Å². The van der Waals surface area contributed by atoms with Crippen molar-refractivity contribution in [2.75, 3.05) is 0 Å². The molecular weight excluding hydrogens is 219 g/mol. The quantitative estimate of drug-likeness (QED) is 0.384. The molecule has 0 aromatic heterocycles. The van der Waals surface area contributed by atoms with Gasteiger partial charge in [0, 0.05) is 37.8 Å². The van der Waals surface area contributed by atoms with Crippen LogP contribution >= 0.6 is 0 Å². The van der Waals surface area contributed by atoms with Crippen LogP contribution in [0.15, 0.2) is 0 Å². The standard InChI is InChI=1S/Co.Mo.4H2O/h;;4*1H2. The molecule has 0 amide bonds. The van der Waals surface area contributed by atoms with E-state index in [2.05, 4.69) is 0 Å². The Kier molecular flexibility index (Phi) is 5700. The molecule has 0 unspecified atom stereocenters. The zero-order chi connectivity index (χ0) is 0. The van der Waals surface area contributed by atoms with Crippen molar-refractivity contribution in [1.82, 2.24) is 0 Å². The normalized spacial score (nSPS) is 0. The topological polar surface area (TPSA) is 126 Å². The summed E-state index contributed by atoms with van der Waals surface area (Å²) in [6.45, 7) is 0. The number of rotatable bonds is 0. The van der Waals surface area contributed by atoms with Gasteiger partial charge in [-0.25, -0.2) is 0 Å². The van der Waals surface area contributed by atoms with Crippen LogP contribution in [0.2, 0.25) is 0 Å². The molecule has 0 heterocycles. The second-order valence-electron chi connectivity index (χ2n) is 0. The Bertz CT molecular complexity index is 7.51. The maximum absolute atomic E-state index is 0. The van der Waals surface area contributed by atoms with Crippen LogP contribution in [-0.2, 0) is 37.8 Å². The molecule has 0 spiro atoms. The Labute approximate surface area is 60.0 Å². The second-order valence-corrected chi connectivity index (χ2v) is 0. The molecule has 1 radical (unpaired) electrons. The van der Waals surface area contributed by atoms with Gasteiger partial charge in [-0.2, -0.15) is 0 Å². The summed E-state index contributed by atoms with van der Waals surface area (Å²) in [4.78, 5) is 0. The number of hydrogen-bond acceptors (Lipinski definition) is 0. The van der Waals surface area contributed by atoms with E-state index in [0.717, 1.165) is 0 Å². The van der Waals surface area contributed by atoms with Gasteiger partial charge in [0.25, 0.3) is 0 Å². The molecule has 0 aliphatic carbocycles. The van der Waals surface area contributed by atoms with Gasteiger partial charge in [-0.3, -0.25) is 0 Å². The SMILES string of the molecule is O.O.O.O.[Co].[Mo]. The fourth-order valence-electron chi connectivity index (χ4n) is 0. The van der Waals surface area contributed by atoms with Gasteiger partial charge in [0.1, 0.15) is 0 Å². The van der Waals surface area contributed by atoms with Crippen LogP contribution < -0.4 is 0 Å². The van der Waals surface area contributed by atoms with E-state index < -0.39 is 0 Å². The fraction of sp³-hybridized carbons (Fsp3) is 0. The molecular formula is H8CoMoO4. The minimum absolute atomic E-state index is 0. The smallest absolute Gasteiger partial charge is 0 e. The van der Waals surface area contributed by atoms with Crippen molar-refractivity contribution in [2.45, 2.75) is 0 Å². The van der Waals surface area contributed by atoms with Crippen molar-refractivity contribution in [3.05, 3.63) is 0 Å². The minimum Gasteiger partial charge on any atom is -0.412 e. The van der Waals surface area contributed by atoms with E-state index >= 15 is 0 Å². The van der Waals surface area contributed by atoms with Gasteiger partial charge in [0.05, 0.1) is 0 Å². The summed E-state index contributed by atoms with van der Waals surface area (Å²) in [7, 11) is 0. The van der Waals surface area contributed by atoms with Crippen LogP contribution in [0.25, 0.3) is 0 Å². The summed E-state index contributed by atoms with van der Waals surface area (Å²) in [5, 5.41) is 0. The third kappa shape index (κ3) is 76.5. The third-order valence-electron chi connectivity index (χ3n) is 0. The molecule has 0 bridgehead atoms. The molecule has 0 saturated carbocycles. The molecule has 47 valence electrons. The van der Waals surface area contributed by atoms with E-state index in [1.165, 1.54) is 0 Å². The van der Waals surface area contributed by atoms with Crippen molar-refractivity contribution < 1.29 is 59.7 Å². The van der Waals surface area contributed by atoms with Crippen LogP contribution in [0.1, 0.15) is 0 Å². The van der Waals surface area contributed by atoms with E-state index in [-0.39, 0.29) is 59.7 Å². The maximum atomic E-state index is 0. The summed E-state index contributed by atoms with van der Waals surface area (Å²) in [6, 6.07) is 0. The van der Waals surface area contributed by atoms with Crippen molar-refractivity contribution in [3.63, 3.8) is 0 Å². The Balaban J connectivity index is 0. The molecule has 8 N–H and O–H groups in total. The van der Waals surface area contributed by atoms with Crippen LogP contribution in [0.3, 0.4) is 0 Å². The number of hydrogen-bond donors (Lipinski definition) is 0. The van der Waals surface area contributed by atoms with Gasteiger partial charge in [0.2, 0.25) is 0 Å². The van der Waals surface area contributed by atoms with E-state index in [9.17, 15) is 0 Å². The molecule has 0 rings (SSSR count). The Hall–Kier alpha value is 1.03. The second kappa shape index (κ2) is 143.